The Hall–Kier alpha value is -0.0400. The van der Waals surface area contributed by atoms with E-state index in [4.69, 9.17) is 0 Å². The van der Waals surface area contributed by atoms with Crippen LogP contribution in [0.4, 0.5) is 0 Å². The van der Waals surface area contributed by atoms with E-state index in [0.717, 1.165) is 12.0 Å². The van der Waals surface area contributed by atoms with Gasteiger partial charge in [-0.05, 0) is 49.0 Å². The molecule has 3 atom stereocenters. The summed E-state index contributed by atoms with van der Waals surface area (Å²) in [7, 11) is 0. The van der Waals surface area contributed by atoms with E-state index in [-0.39, 0.29) is 0 Å². The molecule has 2 bridgehead atoms. The first-order valence-electron chi connectivity index (χ1n) is 6.25. The fourth-order valence-electron chi connectivity index (χ4n) is 3.83. The van der Waals surface area contributed by atoms with Gasteiger partial charge in [0.15, 0.2) is 0 Å². The van der Waals surface area contributed by atoms with Crippen LogP contribution in [0.15, 0.2) is 0 Å². The van der Waals surface area contributed by atoms with Crippen LogP contribution in [0.5, 0.6) is 0 Å². The molecule has 0 aliphatic heterocycles. The van der Waals surface area contributed by atoms with Crippen LogP contribution in [0.1, 0.15) is 53.4 Å². The average Bonchev–Trinajstić information content (AvgIpc) is 2.46. The van der Waals surface area contributed by atoms with Crippen molar-refractivity contribution in [2.24, 2.45) is 16.7 Å². The quantitative estimate of drug-likeness (QED) is 0.729. The molecule has 1 N–H and O–H groups in total. The van der Waals surface area contributed by atoms with E-state index in [1.165, 1.54) is 32.2 Å². The largest absolute Gasteiger partial charge is 0.313 e. The molecule has 82 valence electrons. The molecular formula is C13H25N. The second kappa shape index (κ2) is 3.23. The third kappa shape index (κ3) is 1.18. The highest BCUT2D eigenvalue weighted by Crippen LogP contribution is 2.65. The van der Waals surface area contributed by atoms with Crippen LogP contribution in [0.3, 0.4) is 0 Å². The van der Waals surface area contributed by atoms with Crippen molar-refractivity contribution in [3.63, 3.8) is 0 Å². The molecule has 2 aliphatic carbocycles. The highest BCUT2D eigenvalue weighted by Gasteiger charge is 2.60. The maximum atomic E-state index is 3.76. The van der Waals surface area contributed by atoms with Crippen LogP contribution in [0, 0.1) is 16.7 Å². The molecular weight excluding hydrogens is 170 g/mol. The van der Waals surface area contributed by atoms with Crippen LogP contribution in [-0.2, 0) is 0 Å². The number of hydrogen-bond donors (Lipinski definition) is 1. The smallest absolute Gasteiger partial charge is 0.0129 e. The molecule has 0 radical (unpaired) electrons. The lowest BCUT2D eigenvalue weighted by Crippen LogP contribution is -2.44. The molecule has 1 heteroatoms. The monoisotopic (exact) mass is 195 g/mol. The molecule has 1 nitrogen and oxygen atoms in total. The van der Waals surface area contributed by atoms with Gasteiger partial charge in [0.25, 0.3) is 0 Å². The second-order valence-electron chi connectivity index (χ2n) is 6.12. The molecule has 0 aromatic rings. The van der Waals surface area contributed by atoms with Gasteiger partial charge in [0.2, 0.25) is 0 Å². The highest BCUT2D eigenvalue weighted by atomic mass is 15.0. The highest BCUT2D eigenvalue weighted by molar-refractivity contribution is 5.12. The van der Waals surface area contributed by atoms with Gasteiger partial charge in [0.1, 0.15) is 0 Å². The minimum absolute atomic E-state index is 0.562. The SMILES string of the molecule is CCCNC1CC2CC[C@]1(C)C2(C)C. The topological polar surface area (TPSA) is 12.0 Å². The predicted octanol–water partition coefficient (Wildman–Crippen LogP) is 3.20. The van der Waals surface area contributed by atoms with Crippen LogP contribution in [0.2, 0.25) is 0 Å². The van der Waals surface area contributed by atoms with Crippen molar-refractivity contribution in [3.8, 4) is 0 Å². The Bertz CT molecular complexity index is 221. The van der Waals surface area contributed by atoms with Gasteiger partial charge < -0.3 is 5.32 Å². The van der Waals surface area contributed by atoms with Crippen molar-refractivity contribution < 1.29 is 0 Å². The fourth-order valence-corrected chi connectivity index (χ4v) is 3.83. The fraction of sp³-hybridized carbons (Fsp3) is 1.00. The zero-order chi connectivity index (χ0) is 10.4. The van der Waals surface area contributed by atoms with Gasteiger partial charge in [0.05, 0.1) is 0 Å². The van der Waals surface area contributed by atoms with E-state index in [2.05, 4.69) is 33.0 Å². The molecule has 2 saturated carbocycles. The van der Waals surface area contributed by atoms with Crippen molar-refractivity contribution in [2.45, 2.75) is 59.4 Å². The molecule has 0 heterocycles. The average molecular weight is 195 g/mol. The lowest BCUT2D eigenvalue weighted by atomic mass is 9.69. The minimum Gasteiger partial charge on any atom is -0.313 e. The Kier molecular flexibility index (Phi) is 2.42. The first-order valence-corrected chi connectivity index (χ1v) is 6.25. The molecule has 0 spiro atoms. The molecule has 2 unspecified atom stereocenters. The van der Waals surface area contributed by atoms with Crippen LogP contribution < -0.4 is 5.32 Å². The molecule has 14 heavy (non-hydrogen) atoms. The van der Waals surface area contributed by atoms with E-state index in [1.807, 2.05) is 0 Å². The van der Waals surface area contributed by atoms with Gasteiger partial charge in [-0.25, -0.2) is 0 Å². The predicted molar refractivity (Wildman–Crippen MR) is 61.3 cm³/mol. The third-order valence-corrected chi connectivity index (χ3v) is 5.43. The zero-order valence-corrected chi connectivity index (χ0v) is 10.2. The summed E-state index contributed by atoms with van der Waals surface area (Å²) in [6, 6.07) is 0.788. The molecule has 0 aromatic carbocycles. The summed E-state index contributed by atoms with van der Waals surface area (Å²) in [6.45, 7) is 10.9. The lowest BCUT2D eigenvalue weighted by molar-refractivity contribution is 0.121. The van der Waals surface area contributed by atoms with Gasteiger partial charge in [-0.15, -0.1) is 0 Å². The Morgan fingerprint density at radius 1 is 1.29 bits per heavy atom. The van der Waals surface area contributed by atoms with Crippen molar-refractivity contribution in [1.29, 1.82) is 0 Å². The van der Waals surface area contributed by atoms with Crippen LogP contribution in [0.25, 0.3) is 0 Å². The maximum Gasteiger partial charge on any atom is 0.0129 e. The van der Waals surface area contributed by atoms with Crippen molar-refractivity contribution >= 4 is 0 Å². The van der Waals surface area contributed by atoms with Crippen molar-refractivity contribution in [2.75, 3.05) is 6.54 Å². The molecule has 0 saturated heterocycles. The summed E-state index contributed by atoms with van der Waals surface area (Å²) in [5.41, 5.74) is 1.13. The van der Waals surface area contributed by atoms with Gasteiger partial charge in [-0.1, -0.05) is 27.7 Å². The van der Waals surface area contributed by atoms with Crippen molar-refractivity contribution in [1.82, 2.24) is 5.32 Å². The molecule has 0 amide bonds. The number of nitrogens with one attached hydrogen (secondary N) is 1. The Balaban J connectivity index is 2.11. The number of hydrogen-bond acceptors (Lipinski definition) is 1. The minimum atomic E-state index is 0.562. The number of fused-ring (bicyclic) bond motifs is 2. The summed E-state index contributed by atoms with van der Waals surface area (Å²) in [4.78, 5) is 0. The normalized spacial score (nSPS) is 44.6. The summed E-state index contributed by atoms with van der Waals surface area (Å²) in [5.74, 6) is 0.974. The molecule has 0 aromatic heterocycles. The molecule has 2 fully saturated rings. The van der Waals surface area contributed by atoms with E-state index in [0.29, 0.717) is 10.8 Å². The molecule has 2 rings (SSSR count). The van der Waals surface area contributed by atoms with Gasteiger partial charge >= 0.3 is 0 Å². The zero-order valence-electron chi connectivity index (χ0n) is 10.2. The standard InChI is InChI=1S/C13H25N/c1-5-8-14-11-9-10-6-7-13(11,4)12(10,2)3/h10-11,14H,5-9H2,1-4H3/t10?,11?,13-/m0/s1. The number of rotatable bonds is 3. The summed E-state index contributed by atoms with van der Waals surface area (Å²) >= 11 is 0. The Morgan fingerprint density at radius 3 is 2.43 bits per heavy atom. The van der Waals surface area contributed by atoms with Crippen molar-refractivity contribution in [3.05, 3.63) is 0 Å². The lowest BCUT2D eigenvalue weighted by Gasteiger charge is -2.39. The third-order valence-electron chi connectivity index (χ3n) is 5.43. The van der Waals surface area contributed by atoms with E-state index < -0.39 is 0 Å². The van der Waals surface area contributed by atoms with Crippen LogP contribution in [-0.4, -0.2) is 12.6 Å². The summed E-state index contributed by atoms with van der Waals surface area (Å²) in [5, 5.41) is 3.76. The Labute approximate surface area is 88.7 Å². The summed E-state index contributed by atoms with van der Waals surface area (Å²) in [6.07, 6.45) is 5.58. The van der Waals surface area contributed by atoms with Crippen LogP contribution >= 0.6 is 0 Å². The maximum absolute atomic E-state index is 3.76. The second-order valence-corrected chi connectivity index (χ2v) is 6.12. The first-order chi connectivity index (χ1) is 6.52. The van der Waals surface area contributed by atoms with E-state index >= 15 is 0 Å². The molecule has 2 aliphatic rings. The Morgan fingerprint density at radius 2 is 2.00 bits per heavy atom. The summed E-state index contributed by atoms with van der Waals surface area (Å²) < 4.78 is 0. The van der Waals surface area contributed by atoms with E-state index in [9.17, 15) is 0 Å². The van der Waals surface area contributed by atoms with Gasteiger partial charge in [0, 0.05) is 6.04 Å². The van der Waals surface area contributed by atoms with Gasteiger partial charge in [-0.3, -0.25) is 0 Å². The van der Waals surface area contributed by atoms with E-state index in [1.54, 1.807) is 0 Å². The first kappa shape index (κ1) is 10.5. The van der Waals surface area contributed by atoms with Gasteiger partial charge in [-0.2, -0.15) is 0 Å².